The number of nitrogens with zero attached hydrogens (tertiary/aromatic N) is 2. The van der Waals surface area contributed by atoms with Gasteiger partial charge in [-0.15, -0.1) is 0 Å². The summed E-state index contributed by atoms with van der Waals surface area (Å²) in [6, 6.07) is 4.13. The first kappa shape index (κ1) is 16.0. The van der Waals surface area contributed by atoms with E-state index in [0.717, 1.165) is 25.5 Å². The van der Waals surface area contributed by atoms with Crippen molar-refractivity contribution in [2.24, 2.45) is 0 Å². The Bertz CT molecular complexity index is 728. The molecule has 1 atom stereocenters. The third kappa shape index (κ3) is 3.41. The van der Waals surface area contributed by atoms with E-state index < -0.39 is 11.7 Å². The van der Waals surface area contributed by atoms with Crippen LogP contribution in [0.3, 0.4) is 0 Å². The van der Waals surface area contributed by atoms with Gasteiger partial charge in [0.25, 0.3) is 0 Å². The summed E-state index contributed by atoms with van der Waals surface area (Å²) in [4.78, 5) is 17.4. The predicted octanol–water partition coefficient (Wildman–Crippen LogP) is 3.42. The normalized spacial score (nSPS) is 19.1. The summed E-state index contributed by atoms with van der Waals surface area (Å²) in [7, 11) is 0. The second kappa shape index (κ2) is 5.99. The first-order chi connectivity index (χ1) is 10.8. The lowest BCUT2D eigenvalue weighted by Gasteiger charge is -2.32. The quantitative estimate of drug-likeness (QED) is 0.909. The minimum atomic E-state index is -4.41. The molecule has 0 bridgehead atoms. The Morgan fingerprint density at radius 1 is 1.43 bits per heavy atom. The molecule has 124 valence electrons. The zero-order valence-corrected chi connectivity index (χ0v) is 13.3. The van der Waals surface area contributed by atoms with Crippen LogP contribution in [0, 0.1) is 0 Å². The van der Waals surface area contributed by atoms with Crippen LogP contribution < -0.4 is 10.2 Å². The molecule has 8 heteroatoms. The Labute approximate surface area is 135 Å². The molecule has 0 spiro atoms. The van der Waals surface area contributed by atoms with E-state index >= 15 is 0 Å². The zero-order chi connectivity index (χ0) is 16.6. The SMILES string of the molecule is CC(=O)NC1CCCN(c2nc3c(C(F)(F)F)cccc3s2)C1. The van der Waals surface area contributed by atoms with E-state index in [1.165, 1.54) is 24.3 Å². The summed E-state index contributed by atoms with van der Waals surface area (Å²) in [6.45, 7) is 2.77. The molecule has 4 nitrogen and oxygen atoms in total. The van der Waals surface area contributed by atoms with E-state index in [4.69, 9.17) is 0 Å². The van der Waals surface area contributed by atoms with Crippen molar-refractivity contribution in [2.45, 2.75) is 32.0 Å². The summed E-state index contributed by atoms with van der Waals surface area (Å²) < 4.78 is 39.8. The van der Waals surface area contributed by atoms with Crippen LogP contribution in [0.5, 0.6) is 0 Å². The number of aromatic nitrogens is 1. The van der Waals surface area contributed by atoms with Crippen molar-refractivity contribution < 1.29 is 18.0 Å². The first-order valence-corrected chi connectivity index (χ1v) is 8.15. The number of fused-ring (bicyclic) bond motifs is 1. The minimum Gasteiger partial charge on any atom is -0.352 e. The van der Waals surface area contributed by atoms with Crippen molar-refractivity contribution in [3.05, 3.63) is 23.8 Å². The van der Waals surface area contributed by atoms with E-state index in [1.54, 1.807) is 6.07 Å². The van der Waals surface area contributed by atoms with Gasteiger partial charge in [-0.1, -0.05) is 17.4 Å². The molecule has 1 unspecified atom stereocenters. The second-order valence-corrected chi connectivity index (χ2v) is 6.64. The van der Waals surface area contributed by atoms with Gasteiger partial charge in [0, 0.05) is 26.1 Å². The number of nitrogens with one attached hydrogen (secondary N) is 1. The van der Waals surface area contributed by atoms with Crippen molar-refractivity contribution >= 4 is 32.6 Å². The molecule has 1 aliphatic rings. The van der Waals surface area contributed by atoms with Gasteiger partial charge in [-0.05, 0) is 25.0 Å². The van der Waals surface area contributed by atoms with E-state index in [2.05, 4.69) is 10.3 Å². The molecule has 1 fully saturated rings. The number of rotatable bonds is 2. The van der Waals surface area contributed by atoms with Crippen molar-refractivity contribution in [1.29, 1.82) is 0 Å². The predicted molar refractivity (Wildman–Crippen MR) is 83.7 cm³/mol. The maximum Gasteiger partial charge on any atom is 0.418 e. The topological polar surface area (TPSA) is 45.2 Å². The molecule has 23 heavy (non-hydrogen) atoms. The third-order valence-corrected chi connectivity index (χ3v) is 4.89. The lowest BCUT2D eigenvalue weighted by molar-refractivity contribution is -0.136. The Balaban J connectivity index is 1.90. The van der Waals surface area contributed by atoms with Crippen LogP contribution in [0.2, 0.25) is 0 Å². The Kier molecular flexibility index (Phi) is 4.18. The lowest BCUT2D eigenvalue weighted by Crippen LogP contribution is -2.47. The molecule has 1 N–H and O–H groups in total. The van der Waals surface area contributed by atoms with Crippen LogP contribution in [-0.4, -0.2) is 30.0 Å². The Hall–Kier alpha value is -1.83. The Morgan fingerprint density at radius 2 is 2.22 bits per heavy atom. The van der Waals surface area contributed by atoms with Crippen molar-refractivity contribution in [3.8, 4) is 0 Å². The number of hydrogen-bond acceptors (Lipinski definition) is 4. The summed E-state index contributed by atoms with van der Waals surface area (Å²) in [5.41, 5.74) is -0.699. The molecule has 1 aromatic heterocycles. The summed E-state index contributed by atoms with van der Waals surface area (Å²) in [5, 5.41) is 3.44. The van der Waals surface area contributed by atoms with Crippen LogP contribution in [0.15, 0.2) is 18.2 Å². The largest absolute Gasteiger partial charge is 0.418 e. The van der Waals surface area contributed by atoms with Gasteiger partial charge >= 0.3 is 6.18 Å². The molecule has 1 amide bonds. The number of anilines is 1. The van der Waals surface area contributed by atoms with Crippen LogP contribution in [0.1, 0.15) is 25.3 Å². The average molecular weight is 343 g/mol. The van der Waals surface area contributed by atoms with E-state index in [1.807, 2.05) is 4.90 Å². The summed E-state index contributed by atoms with van der Waals surface area (Å²) in [5.74, 6) is -0.0968. The number of halogens is 3. The number of alkyl halides is 3. The zero-order valence-electron chi connectivity index (χ0n) is 12.5. The van der Waals surface area contributed by atoms with Gasteiger partial charge in [-0.3, -0.25) is 4.79 Å². The van der Waals surface area contributed by atoms with Crippen molar-refractivity contribution in [1.82, 2.24) is 10.3 Å². The molecule has 1 saturated heterocycles. The van der Waals surface area contributed by atoms with Gasteiger partial charge in [-0.2, -0.15) is 13.2 Å². The number of carbonyl (C=O) groups excluding carboxylic acids is 1. The molecule has 3 rings (SSSR count). The molecule has 0 aliphatic carbocycles. The third-order valence-electron chi connectivity index (χ3n) is 3.81. The fourth-order valence-electron chi connectivity index (χ4n) is 2.86. The Morgan fingerprint density at radius 3 is 2.91 bits per heavy atom. The summed E-state index contributed by atoms with van der Waals surface area (Å²) >= 11 is 1.26. The molecule has 2 aromatic rings. The molecule has 1 aliphatic heterocycles. The fourth-order valence-corrected chi connectivity index (χ4v) is 3.88. The smallest absolute Gasteiger partial charge is 0.352 e. The standard InChI is InChI=1S/C15H16F3N3OS/c1-9(22)19-10-4-3-7-21(8-10)14-20-13-11(15(16,17)18)5-2-6-12(13)23-14/h2,5-6,10H,3-4,7-8H2,1H3,(H,19,22). The number of piperidine rings is 1. The minimum absolute atomic E-state index is 0.00153. The van der Waals surface area contributed by atoms with Gasteiger partial charge < -0.3 is 10.2 Å². The maximum absolute atomic E-state index is 13.1. The number of benzene rings is 1. The number of thiazole rings is 1. The number of para-hydroxylation sites is 1. The monoisotopic (exact) mass is 343 g/mol. The van der Waals surface area contributed by atoms with Gasteiger partial charge in [0.15, 0.2) is 5.13 Å². The molecule has 0 radical (unpaired) electrons. The van der Waals surface area contributed by atoms with Gasteiger partial charge in [0.05, 0.1) is 15.8 Å². The first-order valence-electron chi connectivity index (χ1n) is 7.33. The molecule has 2 heterocycles. The van der Waals surface area contributed by atoms with Crippen LogP contribution >= 0.6 is 11.3 Å². The summed E-state index contributed by atoms with van der Waals surface area (Å²) in [6.07, 6.45) is -2.67. The fraction of sp³-hybridized carbons (Fsp3) is 0.467. The number of amides is 1. The van der Waals surface area contributed by atoms with Crippen molar-refractivity contribution in [3.63, 3.8) is 0 Å². The highest BCUT2D eigenvalue weighted by molar-refractivity contribution is 7.22. The molecule has 1 aromatic carbocycles. The maximum atomic E-state index is 13.1. The number of carbonyl (C=O) groups is 1. The van der Waals surface area contributed by atoms with Crippen LogP contribution in [0.4, 0.5) is 18.3 Å². The van der Waals surface area contributed by atoms with Crippen molar-refractivity contribution in [2.75, 3.05) is 18.0 Å². The lowest BCUT2D eigenvalue weighted by atomic mass is 10.1. The van der Waals surface area contributed by atoms with E-state index in [9.17, 15) is 18.0 Å². The second-order valence-electron chi connectivity index (χ2n) is 5.63. The molecular formula is C15H16F3N3OS. The van der Waals surface area contributed by atoms with E-state index in [-0.39, 0.29) is 17.5 Å². The molecule has 0 saturated carbocycles. The average Bonchev–Trinajstić information content (AvgIpc) is 2.89. The van der Waals surface area contributed by atoms with Crippen LogP contribution in [0.25, 0.3) is 10.2 Å². The van der Waals surface area contributed by atoms with E-state index in [0.29, 0.717) is 16.4 Å². The molecular weight excluding hydrogens is 327 g/mol. The highest BCUT2D eigenvalue weighted by Gasteiger charge is 2.34. The number of hydrogen-bond donors (Lipinski definition) is 1. The van der Waals surface area contributed by atoms with Gasteiger partial charge in [-0.25, -0.2) is 4.98 Å². The van der Waals surface area contributed by atoms with Gasteiger partial charge in [0.2, 0.25) is 5.91 Å². The highest BCUT2D eigenvalue weighted by Crippen LogP contribution is 2.38. The van der Waals surface area contributed by atoms with Crippen LogP contribution in [-0.2, 0) is 11.0 Å². The highest BCUT2D eigenvalue weighted by atomic mass is 32.1. The van der Waals surface area contributed by atoms with Gasteiger partial charge in [0.1, 0.15) is 0 Å².